The van der Waals surface area contributed by atoms with Crippen LogP contribution in [0.25, 0.3) is 0 Å². The third kappa shape index (κ3) is 3.95. The minimum Gasteiger partial charge on any atom is -0.399 e. The Morgan fingerprint density at radius 3 is 2.74 bits per heavy atom. The van der Waals surface area contributed by atoms with Crippen molar-refractivity contribution in [3.63, 3.8) is 0 Å². The van der Waals surface area contributed by atoms with Crippen LogP contribution in [0.5, 0.6) is 0 Å². The molecule has 1 aromatic heterocycles. The summed E-state index contributed by atoms with van der Waals surface area (Å²) in [5.74, 6) is -0.373. The number of nitrogens with two attached hydrogens (primary N) is 1. The van der Waals surface area contributed by atoms with E-state index in [1.54, 1.807) is 17.0 Å². The largest absolute Gasteiger partial charge is 0.399 e. The number of rotatable bonds is 5. The Morgan fingerprint density at radius 1 is 1.18 bits per heavy atom. The number of benzene rings is 2. The molecule has 176 valence electrons. The molecule has 2 N–H and O–H groups in total. The molecule has 0 spiro atoms. The number of aromatic nitrogens is 2. The lowest BCUT2D eigenvalue weighted by Gasteiger charge is -2.23. The Balaban J connectivity index is 1.34. The zero-order valence-electron chi connectivity index (χ0n) is 20.0. The molecule has 1 fully saturated rings. The van der Waals surface area contributed by atoms with Gasteiger partial charge in [-0.25, -0.2) is 4.98 Å². The Bertz CT molecular complexity index is 1260. The summed E-state index contributed by atoms with van der Waals surface area (Å²) in [5, 5.41) is 0. The molecule has 7 nitrogen and oxygen atoms in total. The summed E-state index contributed by atoms with van der Waals surface area (Å²) in [4.78, 5) is 34.1. The van der Waals surface area contributed by atoms with E-state index in [1.807, 2.05) is 41.2 Å². The van der Waals surface area contributed by atoms with Crippen molar-refractivity contribution < 1.29 is 9.59 Å². The van der Waals surface area contributed by atoms with Crippen molar-refractivity contribution in [2.75, 3.05) is 28.6 Å². The molecule has 5 rings (SSSR count). The molecule has 0 radical (unpaired) electrons. The Morgan fingerprint density at radius 2 is 2.00 bits per heavy atom. The fourth-order valence-electron chi connectivity index (χ4n) is 5.21. The fraction of sp³-hybridized carbons (Fsp3) is 0.370. The summed E-state index contributed by atoms with van der Waals surface area (Å²) in [6, 6.07) is 13.7. The maximum atomic E-state index is 13.6. The molecule has 1 atom stereocenters. The van der Waals surface area contributed by atoms with Crippen molar-refractivity contribution in [3.05, 3.63) is 71.8 Å². The van der Waals surface area contributed by atoms with E-state index in [2.05, 4.69) is 37.0 Å². The Kier molecular flexibility index (Phi) is 5.42. The molecule has 34 heavy (non-hydrogen) atoms. The smallest absolute Gasteiger partial charge is 0.232 e. The van der Waals surface area contributed by atoms with Gasteiger partial charge in [0.1, 0.15) is 0 Å². The molecule has 3 heterocycles. The van der Waals surface area contributed by atoms with Crippen LogP contribution in [-0.2, 0) is 34.9 Å². The number of carbonyl (C=O) groups excluding carboxylic acids is 2. The van der Waals surface area contributed by atoms with E-state index in [4.69, 9.17) is 5.73 Å². The molecule has 2 amide bonds. The van der Waals surface area contributed by atoms with E-state index in [1.165, 1.54) is 16.8 Å². The normalized spacial score (nSPS) is 19.0. The van der Waals surface area contributed by atoms with Gasteiger partial charge in [-0.3, -0.25) is 9.59 Å². The first kappa shape index (κ1) is 22.2. The van der Waals surface area contributed by atoms with Gasteiger partial charge in [0.15, 0.2) is 0 Å². The Hall–Kier alpha value is -3.61. The molecule has 0 aliphatic carbocycles. The quantitative estimate of drug-likeness (QED) is 0.595. The van der Waals surface area contributed by atoms with E-state index in [9.17, 15) is 9.59 Å². The maximum Gasteiger partial charge on any atom is 0.232 e. The van der Waals surface area contributed by atoms with Crippen LogP contribution in [0, 0.1) is 5.92 Å². The molecular formula is C27H31N5O2. The van der Waals surface area contributed by atoms with Crippen LogP contribution in [0.1, 0.15) is 37.1 Å². The monoisotopic (exact) mass is 457 g/mol. The van der Waals surface area contributed by atoms with Gasteiger partial charge >= 0.3 is 0 Å². The number of amides is 2. The summed E-state index contributed by atoms with van der Waals surface area (Å²) in [5.41, 5.74) is 11.7. The number of hydrogen-bond acceptors (Lipinski definition) is 4. The number of fused-ring (bicyclic) bond motifs is 1. The molecular weight excluding hydrogens is 426 g/mol. The first-order valence-corrected chi connectivity index (χ1v) is 11.8. The highest BCUT2D eigenvalue weighted by atomic mass is 16.2. The number of hydrogen-bond donors (Lipinski definition) is 1. The van der Waals surface area contributed by atoms with Gasteiger partial charge in [-0.05, 0) is 48.2 Å². The van der Waals surface area contributed by atoms with Crippen LogP contribution < -0.4 is 15.5 Å². The minimum atomic E-state index is -0.361. The summed E-state index contributed by atoms with van der Waals surface area (Å²) in [6.07, 6.45) is 5.80. The van der Waals surface area contributed by atoms with Gasteiger partial charge in [0.25, 0.3) is 0 Å². The van der Waals surface area contributed by atoms with E-state index >= 15 is 0 Å². The highest BCUT2D eigenvalue weighted by Crippen LogP contribution is 2.42. The average molecular weight is 458 g/mol. The summed E-state index contributed by atoms with van der Waals surface area (Å²) in [6.45, 7) is 5.37. The van der Waals surface area contributed by atoms with E-state index in [-0.39, 0.29) is 29.6 Å². The summed E-state index contributed by atoms with van der Waals surface area (Å²) in [7, 11) is 2.01. The second-order valence-corrected chi connectivity index (χ2v) is 10.2. The first-order chi connectivity index (χ1) is 16.2. The fourth-order valence-corrected chi connectivity index (χ4v) is 5.21. The molecule has 2 aliphatic rings. The molecule has 2 aromatic carbocycles. The van der Waals surface area contributed by atoms with Crippen LogP contribution in [0.3, 0.4) is 0 Å². The van der Waals surface area contributed by atoms with Gasteiger partial charge in [0.05, 0.1) is 12.2 Å². The standard InChI is InChI=1S/C27H31N5O2/c1-27(2)16-32(24-10-8-18(11-23(24)27)7-9-22-14-29-17-30(22)3)26(34)19-12-25(33)31(15-19)21-6-4-5-20(28)13-21/h4-6,8,10-11,13-14,17,19H,7,9,12,15-16,28H2,1-3H3. The van der Waals surface area contributed by atoms with Gasteiger partial charge < -0.3 is 20.1 Å². The number of anilines is 3. The molecule has 0 saturated carbocycles. The Labute approximate surface area is 200 Å². The number of aryl methyl sites for hydroxylation is 3. The van der Waals surface area contributed by atoms with Gasteiger partial charge in [0, 0.05) is 60.9 Å². The lowest BCUT2D eigenvalue weighted by Crippen LogP contribution is -2.39. The predicted molar refractivity (Wildman–Crippen MR) is 134 cm³/mol. The van der Waals surface area contributed by atoms with Crippen LogP contribution in [0.4, 0.5) is 17.1 Å². The SMILES string of the molecule is Cn1cncc1CCc1ccc2c(c1)C(C)(C)CN2C(=O)C1CC(=O)N(c2cccc(N)c2)C1. The van der Waals surface area contributed by atoms with Crippen LogP contribution >= 0.6 is 0 Å². The van der Waals surface area contributed by atoms with Crippen molar-refractivity contribution in [3.8, 4) is 0 Å². The zero-order chi connectivity index (χ0) is 24.0. The molecule has 3 aromatic rings. The molecule has 1 saturated heterocycles. The lowest BCUT2D eigenvalue weighted by molar-refractivity contribution is -0.124. The van der Waals surface area contributed by atoms with Crippen molar-refractivity contribution in [2.45, 2.75) is 38.5 Å². The zero-order valence-corrected chi connectivity index (χ0v) is 20.0. The van der Waals surface area contributed by atoms with E-state index in [0.717, 1.165) is 24.2 Å². The van der Waals surface area contributed by atoms with Crippen LogP contribution in [-0.4, -0.2) is 34.5 Å². The molecule has 7 heteroatoms. The van der Waals surface area contributed by atoms with Gasteiger partial charge in [-0.2, -0.15) is 0 Å². The number of carbonyl (C=O) groups is 2. The topological polar surface area (TPSA) is 84.5 Å². The lowest BCUT2D eigenvalue weighted by atomic mass is 9.85. The van der Waals surface area contributed by atoms with E-state index in [0.29, 0.717) is 18.8 Å². The van der Waals surface area contributed by atoms with Crippen molar-refractivity contribution in [2.24, 2.45) is 13.0 Å². The molecule has 0 bridgehead atoms. The molecule has 1 unspecified atom stereocenters. The maximum absolute atomic E-state index is 13.6. The third-order valence-electron chi connectivity index (χ3n) is 7.14. The number of nitrogen functional groups attached to an aromatic ring is 1. The summed E-state index contributed by atoms with van der Waals surface area (Å²) >= 11 is 0. The summed E-state index contributed by atoms with van der Waals surface area (Å²) < 4.78 is 2.05. The van der Waals surface area contributed by atoms with Gasteiger partial charge in [0.2, 0.25) is 11.8 Å². The highest BCUT2D eigenvalue weighted by molar-refractivity contribution is 6.05. The minimum absolute atomic E-state index is 0.0224. The van der Waals surface area contributed by atoms with Crippen molar-refractivity contribution in [1.82, 2.24) is 9.55 Å². The number of nitrogens with zero attached hydrogens (tertiary/aromatic N) is 4. The van der Waals surface area contributed by atoms with Crippen LogP contribution in [0.15, 0.2) is 55.0 Å². The first-order valence-electron chi connectivity index (χ1n) is 11.8. The highest BCUT2D eigenvalue weighted by Gasteiger charge is 2.43. The van der Waals surface area contributed by atoms with Crippen molar-refractivity contribution >= 4 is 28.9 Å². The van der Waals surface area contributed by atoms with Crippen LogP contribution in [0.2, 0.25) is 0 Å². The van der Waals surface area contributed by atoms with Gasteiger partial charge in [-0.15, -0.1) is 0 Å². The van der Waals surface area contributed by atoms with E-state index < -0.39 is 0 Å². The average Bonchev–Trinajstić information content (AvgIpc) is 3.47. The van der Waals surface area contributed by atoms with Gasteiger partial charge in [-0.1, -0.05) is 32.0 Å². The second kappa shape index (κ2) is 8.31. The molecule has 2 aliphatic heterocycles. The third-order valence-corrected chi connectivity index (χ3v) is 7.14. The predicted octanol–water partition coefficient (Wildman–Crippen LogP) is 3.46. The van der Waals surface area contributed by atoms with Crippen molar-refractivity contribution in [1.29, 1.82) is 0 Å². The number of imidazole rings is 1. The second-order valence-electron chi connectivity index (χ2n) is 10.2.